The van der Waals surface area contributed by atoms with Gasteiger partial charge in [-0.25, -0.2) is 0 Å². The third-order valence-corrected chi connectivity index (χ3v) is 3.76. The van der Waals surface area contributed by atoms with Gasteiger partial charge in [-0.3, -0.25) is 0 Å². The van der Waals surface area contributed by atoms with E-state index in [9.17, 15) is 5.11 Å². The lowest BCUT2D eigenvalue weighted by molar-refractivity contribution is 0.110. The maximum absolute atomic E-state index is 9.97. The van der Waals surface area contributed by atoms with Gasteiger partial charge in [-0.1, -0.05) is 17.7 Å². The molecule has 0 amide bonds. The van der Waals surface area contributed by atoms with E-state index in [-0.39, 0.29) is 6.61 Å². The van der Waals surface area contributed by atoms with Crippen LogP contribution in [0.1, 0.15) is 16.5 Å². The Labute approximate surface area is 109 Å². The quantitative estimate of drug-likeness (QED) is 0.913. The van der Waals surface area contributed by atoms with Crippen molar-refractivity contribution >= 4 is 22.9 Å². The van der Waals surface area contributed by atoms with Crippen LogP contribution >= 0.6 is 22.9 Å². The Hall–Kier alpha value is -1.03. The second-order valence-electron chi connectivity index (χ2n) is 3.75. The monoisotopic (exact) mass is 268 g/mol. The molecule has 17 heavy (non-hydrogen) atoms. The third-order valence-electron chi connectivity index (χ3n) is 2.41. The first-order valence-electron chi connectivity index (χ1n) is 5.27. The normalized spacial score (nSPS) is 12.4. The standard InChI is InChI=1S/C13H13ClO2S/c1-9-5-6-17-13(9)12(15)8-16-11-4-2-3-10(14)7-11/h2-7,12,15H,8H2,1H3. The molecule has 0 saturated carbocycles. The number of aliphatic hydroxyl groups is 1. The summed E-state index contributed by atoms with van der Waals surface area (Å²) in [5.41, 5.74) is 1.09. The molecular weight excluding hydrogens is 256 g/mol. The first kappa shape index (κ1) is 12.4. The lowest BCUT2D eigenvalue weighted by Crippen LogP contribution is -2.09. The molecule has 0 bridgehead atoms. The second kappa shape index (κ2) is 5.54. The fraction of sp³-hybridized carbons (Fsp3) is 0.231. The van der Waals surface area contributed by atoms with Crippen molar-refractivity contribution in [3.63, 3.8) is 0 Å². The largest absolute Gasteiger partial charge is 0.490 e. The molecule has 0 radical (unpaired) electrons. The molecule has 1 heterocycles. The average molecular weight is 269 g/mol. The Balaban J connectivity index is 1.97. The van der Waals surface area contributed by atoms with Gasteiger partial charge in [0.2, 0.25) is 0 Å². The van der Waals surface area contributed by atoms with Crippen LogP contribution in [-0.4, -0.2) is 11.7 Å². The zero-order chi connectivity index (χ0) is 12.3. The second-order valence-corrected chi connectivity index (χ2v) is 5.14. The molecule has 90 valence electrons. The Kier molecular flexibility index (Phi) is 4.05. The summed E-state index contributed by atoms with van der Waals surface area (Å²) in [7, 11) is 0. The van der Waals surface area contributed by atoms with Crippen LogP contribution < -0.4 is 4.74 Å². The zero-order valence-electron chi connectivity index (χ0n) is 9.39. The van der Waals surface area contributed by atoms with Crippen LogP contribution in [0.4, 0.5) is 0 Å². The van der Waals surface area contributed by atoms with Crippen molar-refractivity contribution < 1.29 is 9.84 Å². The molecule has 1 atom stereocenters. The summed E-state index contributed by atoms with van der Waals surface area (Å²) in [6, 6.07) is 9.15. The molecule has 0 spiro atoms. The van der Waals surface area contributed by atoms with Crippen molar-refractivity contribution in [1.82, 2.24) is 0 Å². The van der Waals surface area contributed by atoms with E-state index in [1.165, 1.54) is 11.3 Å². The predicted octanol–water partition coefficient (Wildman–Crippen LogP) is 3.82. The molecule has 2 nitrogen and oxygen atoms in total. The van der Waals surface area contributed by atoms with Gasteiger partial charge in [-0.15, -0.1) is 11.3 Å². The van der Waals surface area contributed by atoms with Crippen LogP contribution in [0.25, 0.3) is 0 Å². The number of aryl methyl sites for hydroxylation is 1. The van der Waals surface area contributed by atoms with Gasteiger partial charge in [0, 0.05) is 9.90 Å². The van der Waals surface area contributed by atoms with Gasteiger partial charge in [0.15, 0.2) is 0 Å². The van der Waals surface area contributed by atoms with Gasteiger partial charge in [0.1, 0.15) is 18.5 Å². The van der Waals surface area contributed by atoms with Crippen molar-refractivity contribution in [2.45, 2.75) is 13.0 Å². The van der Waals surface area contributed by atoms with Crippen molar-refractivity contribution in [2.75, 3.05) is 6.61 Å². The number of benzene rings is 1. The Morgan fingerprint density at radius 1 is 1.41 bits per heavy atom. The summed E-state index contributed by atoms with van der Waals surface area (Å²) in [5.74, 6) is 0.672. The number of thiophene rings is 1. The minimum atomic E-state index is -0.589. The van der Waals surface area contributed by atoms with Crippen LogP contribution in [0.5, 0.6) is 5.75 Å². The van der Waals surface area contributed by atoms with Crippen LogP contribution in [0.15, 0.2) is 35.7 Å². The molecule has 2 rings (SSSR count). The molecule has 0 fully saturated rings. The molecule has 1 aromatic carbocycles. The Morgan fingerprint density at radius 2 is 2.24 bits per heavy atom. The highest BCUT2D eigenvalue weighted by atomic mass is 35.5. The molecule has 1 N–H and O–H groups in total. The molecule has 1 aromatic heterocycles. The summed E-state index contributed by atoms with van der Waals surface area (Å²) in [6.45, 7) is 2.22. The van der Waals surface area contributed by atoms with Crippen LogP contribution in [0.3, 0.4) is 0 Å². The maximum Gasteiger partial charge on any atom is 0.122 e. The fourth-order valence-corrected chi connectivity index (χ4v) is 2.61. The molecule has 0 aliphatic heterocycles. The average Bonchev–Trinajstić information content (AvgIpc) is 2.72. The molecule has 0 saturated heterocycles. The lowest BCUT2D eigenvalue weighted by atomic mass is 10.2. The van der Waals surface area contributed by atoms with E-state index < -0.39 is 6.10 Å². The van der Waals surface area contributed by atoms with Gasteiger partial charge in [-0.2, -0.15) is 0 Å². The van der Waals surface area contributed by atoms with Crippen LogP contribution in [0.2, 0.25) is 5.02 Å². The van der Waals surface area contributed by atoms with Gasteiger partial charge in [0.25, 0.3) is 0 Å². The van der Waals surface area contributed by atoms with E-state index in [1.54, 1.807) is 12.1 Å². The predicted molar refractivity (Wildman–Crippen MR) is 71.0 cm³/mol. The number of halogens is 1. The smallest absolute Gasteiger partial charge is 0.122 e. The lowest BCUT2D eigenvalue weighted by Gasteiger charge is -2.12. The Morgan fingerprint density at radius 3 is 2.88 bits per heavy atom. The molecular formula is C13H13ClO2S. The van der Waals surface area contributed by atoms with Gasteiger partial charge in [0.05, 0.1) is 0 Å². The van der Waals surface area contributed by atoms with E-state index in [0.717, 1.165) is 10.4 Å². The number of hydrogen-bond donors (Lipinski definition) is 1. The minimum absolute atomic E-state index is 0.238. The number of aliphatic hydroxyl groups excluding tert-OH is 1. The van der Waals surface area contributed by atoms with Crippen LogP contribution in [0, 0.1) is 6.92 Å². The van der Waals surface area contributed by atoms with Crippen LogP contribution in [-0.2, 0) is 0 Å². The zero-order valence-corrected chi connectivity index (χ0v) is 11.0. The first-order chi connectivity index (χ1) is 8.16. The summed E-state index contributed by atoms with van der Waals surface area (Å²) >= 11 is 7.38. The topological polar surface area (TPSA) is 29.5 Å². The fourth-order valence-electron chi connectivity index (χ4n) is 1.53. The number of ether oxygens (including phenoxy) is 1. The highest BCUT2D eigenvalue weighted by Gasteiger charge is 2.12. The van der Waals surface area contributed by atoms with Crippen molar-refractivity contribution in [3.05, 3.63) is 51.2 Å². The molecule has 4 heteroatoms. The molecule has 0 aliphatic rings. The maximum atomic E-state index is 9.97. The van der Waals surface area contributed by atoms with E-state index in [4.69, 9.17) is 16.3 Å². The molecule has 1 unspecified atom stereocenters. The van der Waals surface area contributed by atoms with Gasteiger partial charge < -0.3 is 9.84 Å². The van der Waals surface area contributed by atoms with Gasteiger partial charge in [-0.05, 0) is 42.1 Å². The third kappa shape index (κ3) is 3.22. The van der Waals surface area contributed by atoms with Crippen molar-refractivity contribution in [1.29, 1.82) is 0 Å². The summed E-state index contributed by atoms with van der Waals surface area (Å²) in [4.78, 5) is 0.951. The highest BCUT2D eigenvalue weighted by Crippen LogP contribution is 2.25. The van der Waals surface area contributed by atoms with E-state index in [1.807, 2.05) is 30.5 Å². The van der Waals surface area contributed by atoms with Gasteiger partial charge >= 0.3 is 0 Å². The van der Waals surface area contributed by atoms with Crippen molar-refractivity contribution in [2.24, 2.45) is 0 Å². The highest BCUT2D eigenvalue weighted by molar-refractivity contribution is 7.10. The van der Waals surface area contributed by atoms with Crippen molar-refractivity contribution in [3.8, 4) is 5.75 Å². The SMILES string of the molecule is Cc1ccsc1C(O)COc1cccc(Cl)c1. The summed E-state index contributed by atoms with van der Waals surface area (Å²) < 4.78 is 5.50. The number of rotatable bonds is 4. The van der Waals surface area contributed by atoms with E-state index in [2.05, 4.69) is 0 Å². The molecule has 2 aromatic rings. The Bertz CT molecular complexity index is 496. The number of hydrogen-bond acceptors (Lipinski definition) is 3. The molecule has 0 aliphatic carbocycles. The summed E-state index contributed by atoms with van der Waals surface area (Å²) in [5, 5.41) is 12.6. The first-order valence-corrected chi connectivity index (χ1v) is 6.53. The van der Waals surface area contributed by atoms with E-state index >= 15 is 0 Å². The summed E-state index contributed by atoms with van der Waals surface area (Å²) in [6.07, 6.45) is -0.589. The van der Waals surface area contributed by atoms with E-state index in [0.29, 0.717) is 10.8 Å². The minimum Gasteiger partial charge on any atom is -0.490 e.